The second kappa shape index (κ2) is 4.33. The van der Waals surface area contributed by atoms with E-state index >= 15 is 0 Å². The van der Waals surface area contributed by atoms with E-state index < -0.39 is 11.7 Å². The maximum atomic E-state index is 12.9. The van der Waals surface area contributed by atoms with Gasteiger partial charge in [0.15, 0.2) is 0 Å². The maximum absolute atomic E-state index is 12.9. The summed E-state index contributed by atoms with van der Waals surface area (Å²) >= 11 is 0. The number of hydrogen-bond donors (Lipinski definition) is 1. The smallest absolute Gasteiger partial charge is 0.275 e. The lowest BCUT2D eigenvalue weighted by Gasteiger charge is -2.04. The molecule has 1 radical (unpaired) electrons. The maximum Gasteiger partial charge on any atom is 0.275 e. The Labute approximate surface area is 105 Å². The van der Waals surface area contributed by atoms with Crippen LogP contribution in [-0.2, 0) is 0 Å². The van der Waals surface area contributed by atoms with Crippen molar-refractivity contribution in [3.05, 3.63) is 48.0 Å². The van der Waals surface area contributed by atoms with E-state index in [9.17, 15) is 9.18 Å². The van der Waals surface area contributed by atoms with E-state index in [-0.39, 0.29) is 7.12 Å². The molecule has 0 bridgehead atoms. The van der Waals surface area contributed by atoms with Crippen LogP contribution in [-0.4, -0.2) is 16.7 Å². The van der Waals surface area contributed by atoms with Gasteiger partial charge in [-0.1, -0.05) is 0 Å². The van der Waals surface area contributed by atoms with Crippen LogP contribution in [0.15, 0.2) is 35.1 Å². The van der Waals surface area contributed by atoms with E-state index in [1.165, 1.54) is 25.1 Å². The molecule has 1 aliphatic carbocycles. The Kier molecular flexibility index (Phi) is 2.66. The van der Waals surface area contributed by atoms with Crippen LogP contribution in [0.2, 0.25) is 0 Å². The van der Waals surface area contributed by atoms with Gasteiger partial charge in [0.2, 0.25) is 0 Å². The highest BCUT2D eigenvalue weighted by Gasteiger charge is 2.29. The zero-order valence-electron chi connectivity index (χ0n) is 9.56. The average Bonchev–Trinajstić information content (AvgIpc) is 3.11. The molecule has 4 nitrogen and oxygen atoms in total. The average molecular weight is 246 g/mol. The van der Waals surface area contributed by atoms with Crippen molar-refractivity contribution < 1.29 is 10.6 Å². The topological polar surface area (TPSA) is 54.4 Å². The minimum Gasteiger partial charge on any atom is -0.308 e. The number of carbonyl (C=O) groups excluding carboxylic acids is 1. The lowest BCUT2D eigenvalue weighted by atomic mass is 10.1. The molecular weight excluding hydrogens is 233 g/mol. The summed E-state index contributed by atoms with van der Waals surface area (Å²) in [6, 6.07) is 2.29. The molecule has 1 amide bonds. The molecule has 0 saturated heterocycles. The Morgan fingerprint density at radius 2 is 2.33 bits per heavy atom. The molecule has 93 valence electrons. The molecule has 0 aromatic carbocycles. The number of amidine groups is 1. The van der Waals surface area contributed by atoms with Gasteiger partial charge in [0.1, 0.15) is 17.3 Å². The van der Waals surface area contributed by atoms with Crippen LogP contribution < -0.4 is 5.32 Å². The molecule has 1 N–H and O–H groups in total. The molecule has 0 atom stereocenters. The van der Waals surface area contributed by atoms with Gasteiger partial charge in [-0.2, -0.15) is 0 Å². The predicted octanol–water partition coefficient (Wildman–Crippen LogP) is 2.11. The minimum atomic E-state index is -0.482. The van der Waals surface area contributed by atoms with E-state index in [1.54, 1.807) is 6.20 Å². The van der Waals surface area contributed by atoms with Crippen LogP contribution in [0.5, 0.6) is 0 Å². The van der Waals surface area contributed by atoms with Crippen LogP contribution >= 0.6 is 0 Å². The number of nitrogens with one attached hydrogen (secondary N) is 1. The fraction of sp³-hybridized carbons (Fsp3) is 0.231. The number of halogens is 1. The van der Waals surface area contributed by atoms with Gasteiger partial charge < -0.3 is 5.32 Å². The number of carbonyl (C=O) groups is 1. The summed E-state index contributed by atoms with van der Waals surface area (Å²) in [6.07, 6.45) is 7.26. The van der Waals surface area contributed by atoms with E-state index in [1.807, 2.05) is 6.42 Å². The monoisotopic (exact) mass is 246 g/mol. The predicted molar refractivity (Wildman–Crippen MR) is 66.3 cm³/mol. The lowest BCUT2D eigenvalue weighted by molar-refractivity contribution is 0.0972. The third kappa shape index (κ3) is 2.30. The SMILES string of the molecule is O=C(NC1=NC=C(C2CC2)[CH]1)c1cc(F)ccn1.[HH]. The van der Waals surface area contributed by atoms with Gasteiger partial charge in [0.05, 0.1) is 6.42 Å². The Morgan fingerprint density at radius 3 is 3.06 bits per heavy atom. The quantitative estimate of drug-likeness (QED) is 0.868. The van der Waals surface area contributed by atoms with Crippen LogP contribution in [0.4, 0.5) is 4.39 Å². The van der Waals surface area contributed by atoms with Crippen LogP contribution in [0.3, 0.4) is 0 Å². The standard InChI is InChI=1S/C13H11FN3O.H2/c14-10-3-4-15-11(6-10)13(18)17-12-5-9(7-16-12)8-1-2-8;/h3-8H,1-2H2,(H,16,17,18);1H. The van der Waals surface area contributed by atoms with Crippen LogP contribution in [0.25, 0.3) is 0 Å². The number of pyridine rings is 1. The van der Waals surface area contributed by atoms with E-state index in [2.05, 4.69) is 15.3 Å². The first kappa shape index (κ1) is 11.1. The summed E-state index contributed by atoms with van der Waals surface area (Å²) in [5, 5.41) is 2.61. The van der Waals surface area contributed by atoms with Crippen molar-refractivity contribution in [2.24, 2.45) is 10.9 Å². The first-order valence-electron chi connectivity index (χ1n) is 5.78. The summed E-state index contributed by atoms with van der Waals surface area (Å²) in [5.41, 5.74) is 1.20. The Bertz CT molecular complexity index is 567. The molecule has 5 heteroatoms. The highest BCUT2D eigenvalue weighted by molar-refractivity contribution is 6.10. The number of rotatable bonds is 2. The van der Waals surface area contributed by atoms with Crippen molar-refractivity contribution in [3.8, 4) is 0 Å². The van der Waals surface area contributed by atoms with E-state index in [0.717, 1.165) is 11.6 Å². The highest BCUT2D eigenvalue weighted by atomic mass is 19.1. The molecule has 3 rings (SSSR count). The van der Waals surface area contributed by atoms with Gasteiger partial charge in [0, 0.05) is 19.9 Å². The Balaban J connectivity index is 0.00000133. The number of nitrogens with zero attached hydrogens (tertiary/aromatic N) is 2. The van der Waals surface area contributed by atoms with Crippen molar-refractivity contribution in [1.82, 2.24) is 10.3 Å². The zero-order valence-corrected chi connectivity index (χ0v) is 9.56. The highest BCUT2D eigenvalue weighted by Crippen LogP contribution is 2.39. The van der Waals surface area contributed by atoms with Crippen molar-refractivity contribution in [2.75, 3.05) is 0 Å². The fourth-order valence-electron chi connectivity index (χ4n) is 1.79. The Morgan fingerprint density at radius 1 is 1.50 bits per heavy atom. The third-order valence-electron chi connectivity index (χ3n) is 2.90. The van der Waals surface area contributed by atoms with Gasteiger partial charge in [-0.05, 0) is 30.4 Å². The van der Waals surface area contributed by atoms with E-state index in [4.69, 9.17) is 0 Å². The summed E-state index contributed by atoms with van der Waals surface area (Å²) in [5.74, 6) is 0.155. The summed E-state index contributed by atoms with van der Waals surface area (Å²) in [6.45, 7) is 0. The summed E-state index contributed by atoms with van der Waals surface area (Å²) in [7, 11) is 0. The Hall–Kier alpha value is -2.04. The van der Waals surface area contributed by atoms with E-state index in [0.29, 0.717) is 11.8 Å². The summed E-state index contributed by atoms with van der Waals surface area (Å²) < 4.78 is 12.9. The second-order valence-electron chi connectivity index (χ2n) is 4.38. The van der Waals surface area contributed by atoms with Crippen molar-refractivity contribution in [1.29, 1.82) is 0 Å². The molecular formula is C13H13FN3O. The van der Waals surface area contributed by atoms with Gasteiger partial charge in [-0.3, -0.25) is 9.78 Å². The zero-order chi connectivity index (χ0) is 12.5. The number of amides is 1. The molecule has 1 aromatic heterocycles. The van der Waals surface area contributed by atoms with Crippen LogP contribution in [0, 0.1) is 18.2 Å². The minimum absolute atomic E-state index is 0. The van der Waals surface area contributed by atoms with Crippen molar-refractivity contribution in [2.45, 2.75) is 12.8 Å². The number of aliphatic imine (C=N–C) groups is 1. The molecule has 2 aliphatic rings. The first-order chi connectivity index (χ1) is 8.72. The largest absolute Gasteiger partial charge is 0.308 e. The molecule has 0 unspecified atom stereocenters. The molecule has 1 aromatic rings. The first-order valence-corrected chi connectivity index (χ1v) is 5.78. The molecule has 18 heavy (non-hydrogen) atoms. The summed E-state index contributed by atoms with van der Waals surface area (Å²) in [4.78, 5) is 19.7. The molecule has 2 heterocycles. The number of hydrogen-bond acceptors (Lipinski definition) is 3. The van der Waals surface area contributed by atoms with Crippen molar-refractivity contribution >= 4 is 11.7 Å². The van der Waals surface area contributed by atoms with Gasteiger partial charge in [0.25, 0.3) is 5.91 Å². The molecule has 1 saturated carbocycles. The fourth-order valence-corrected chi connectivity index (χ4v) is 1.79. The van der Waals surface area contributed by atoms with Gasteiger partial charge in [-0.25, -0.2) is 9.38 Å². The lowest BCUT2D eigenvalue weighted by Crippen LogP contribution is -2.30. The third-order valence-corrected chi connectivity index (χ3v) is 2.90. The number of aromatic nitrogens is 1. The molecule has 1 aliphatic heterocycles. The molecule has 0 spiro atoms. The van der Waals surface area contributed by atoms with Gasteiger partial charge >= 0.3 is 0 Å². The second-order valence-corrected chi connectivity index (χ2v) is 4.38. The molecule has 1 fully saturated rings. The normalized spacial score (nSPS) is 18.3. The van der Waals surface area contributed by atoms with Crippen molar-refractivity contribution in [3.63, 3.8) is 0 Å². The van der Waals surface area contributed by atoms with Crippen LogP contribution in [0.1, 0.15) is 24.8 Å². The van der Waals surface area contributed by atoms with Gasteiger partial charge in [-0.15, -0.1) is 0 Å².